The Kier molecular flexibility index (Phi) is 4.19. The van der Waals surface area contributed by atoms with E-state index in [-0.39, 0.29) is 0 Å². The maximum Gasteiger partial charge on any atom is 0.0992 e. The zero-order valence-electron chi connectivity index (χ0n) is 9.32. The van der Waals surface area contributed by atoms with E-state index in [0.29, 0.717) is 17.1 Å². The van der Waals surface area contributed by atoms with Crippen LogP contribution in [0.25, 0.3) is 0 Å². The van der Waals surface area contributed by atoms with Crippen LogP contribution < -0.4 is 5.32 Å². The fourth-order valence-corrected chi connectivity index (χ4v) is 2.14. The number of rotatable bonds is 3. The maximum absolute atomic E-state index is 8.75. The molecule has 1 aromatic carbocycles. The van der Waals surface area contributed by atoms with Crippen LogP contribution in [0.1, 0.15) is 11.1 Å². The van der Waals surface area contributed by atoms with E-state index >= 15 is 0 Å². The van der Waals surface area contributed by atoms with Gasteiger partial charge in [0.05, 0.1) is 22.3 Å². The molecule has 5 heteroatoms. The molecule has 0 atom stereocenters. The van der Waals surface area contributed by atoms with Crippen LogP contribution in [0.3, 0.4) is 0 Å². The minimum atomic E-state index is 0.539. The number of hydrogen-bond donors (Lipinski definition) is 1. The molecular weight excluding hydrogens is 314 g/mol. The summed E-state index contributed by atoms with van der Waals surface area (Å²) in [6, 6.07) is 9.20. The molecule has 0 fully saturated rings. The lowest BCUT2D eigenvalue weighted by molar-refractivity contribution is 1.11. The number of nitrogens with one attached hydrogen (secondary N) is 1. The fourth-order valence-electron chi connectivity index (χ4n) is 1.48. The van der Waals surface area contributed by atoms with Crippen molar-refractivity contribution in [1.29, 1.82) is 5.26 Å². The molecule has 0 saturated heterocycles. The molecular formula is C13H9BrClN3. The summed E-state index contributed by atoms with van der Waals surface area (Å²) >= 11 is 9.44. The Bertz CT molecular complexity index is 607. The summed E-state index contributed by atoms with van der Waals surface area (Å²) in [5.74, 6) is 0. The average Bonchev–Trinajstić information content (AvgIpc) is 2.37. The van der Waals surface area contributed by atoms with Crippen LogP contribution in [0.5, 0.6) is 0 Å². The topological polar surface area (TPSA) is 48.7 Å². The Labute approximate surface area is 119 Å². The van der Waals surface area contributed by atoms with E-state index in [1.54, 1.807) is 30.6 Å². The van der Waals surface area contributed by atoms with Gasteiger partial charge in [0, 0.05) is 23.4 Å². The van der Waals surface area contributed by atoms with Gasteiger partial charge in [-0.2, -0.15) is 5.26 Å². The molecule has 0 spiro atoms. The molecule has 2 aromatic rings. The van der Waals surface area contributed by atoms with Crippen molar-refractivity contribution in [3.05, 3.63) is 57.3 Å². The second-order valence-electron chi connectivity index (χ2n) is 3.67. The van der Waals surface area contributed by atoms with Gasteiger partial charge in [0.1, 0.15) is 0 Å². The number of nitriles is 1. The first-order valence-electron chi connectivity index (χ1n) is 5.22. The Morgan fingerprint density at radius 2 is 2.17 bits per heavy atom. The van der Waals surface area contributed by atoms with E-state index in [2.05, 4.69) is 26.2 Å². The molecule has 0 radical (unpaired) electrons. The lowest BCUT2D eigenvalue weighted by Crippen LogP contribution is -2.00. The number of benzene rings is 1. The van der Waals surface area contributed by atoms with Gasteiger partial charge in [0.2, 0.25) is 0 Å². The van der Waals surface area contributed by atoms with Crippen LogP contribution in [0.15, 0.2) is 41.1 Å². The summed E-state index contributed by atoms with van der Waals surface area (Å²) in [7, 11) is 0. The van der Waals surface area contributed by atoms with Crippen molar-refractivity contribution in [3.8, 4) is 6.07 Å². The minimum Gasteiger partial charge on any atom is -0.380 e. The molecule has 1 aromatic heterocycles. The van der Waals surface area contributed by atoms with E-state index < -0.39 is 0 Å². The van der Waals surface area contributed by atoms with Gasteiger partial charge in [-0.15, -0.1) is 0 Å². The van der Waals surface area contributed by atoms with E-state index in [1.807, 2.05) is 12.1 Å². The van der Waals surface area contributed by atoms with Crippen molar-refractivity contribution in [1.82, 2.24) is 4.98 Å². The summed E-state index contributed by atoms with van der Waals surface area (Å²) in [6.45, 7) is 0.623. The molecule has 0 aliphatic heterocycles. The number of nitrogens with zero attached hydrogens (tertiary/aromatic N) is 2. The van der Waals surface area contributed by atoms with Gasteiger partial charge in [0.15, 0.2) is 0 Å². The Morgan fingerprint density at radius 1 is 1.33 bits per heavy atom. The van der Waals surface area contributed by atoms with Gasteiger partial charge in [-0.05, 0) is 45.8 Å². The molecule has 90 valence electrons. The van der Waals surface area contributed by atoms with Gasteiger partial charge in [-0.25, -0.2) is 0 Å². The first-order valence-corrected chi connectivity index (χ1v) is 6.39. The van der Waals surface area contributed by atoms with Crippen molar-refractivity contribution in [2.75, 3.05) is 5.32 Å². The van der Waals surface area contributed by atoms with Gasteiger partial charge < -0.3 is 5.32 Å². The highest BCUT2D eigenvalue weighted by molar-refractivity contribution is 9.10. The summed E-state index contributed by atoms with van der Waals surface area (Å²) in [5.41, 5.74) is 2.40. The summed E-state index contributed by atoms with van der Waals surface area (Å²) in [5, 5.41) is 12.5. The number of anilines is 1. The zero-order valence-corrected chi connectivity index (χ0v) is 11.7. The fraction of sp³-hybridized carbons (Fsp3) is 0.0769. The molecule has 2 rings (SSSR count). The molecule has 0 amide bonds. The lowest BCUT2D eigenvalue weighted by Gasteiger charge is -2.08. The molecule has 0 unspecified atom stereocenters. The SMILES string of the molecule is N#Cc1ccc(NCc2cncc(Br)c2)c(Cl)c1. The average molecular weight is 323 g/mol. The number of aromatic nitrogens is 1. The first-order chi connectivity index (χ1) is 8.69. The van der Waals surface area contributed by atoms with Gasteiger partial charge in [-0.3, -0.25) is 4.98 Å². The van der Waals surface area contributed by atoms with Gasteiger partial charge >= 0.3 is 0 Å². The standard InChI is InChI=1S/C13H9BrClN3/c14-11-3-10(6-17-8-11)7-18-13-2-1-9(5-16)4-12(13)15/h1-4,6,8,18H,7H2. The van der Waals surface area contributed by atoms with Crippen LogP contribution in [0, 0.1) is 11.3 Å². The second kappa shape index (κ2) is 5.85. The Morgan fingerprint density at radius 3 is 2.83 bits per heavy atom. The third-order valence-electron chi connectivity index (χ3n) is 2.34. The second-order valence-corrected chi connectivity index (χ2v) is 4.99. The van der Waals surface area contributed by atoms with Crippen molar-refractivity contribution in [3.63, 3.8) is 0 Å². The maximum atomic E-state index is 8.75. The van der Waals surface area contributed by atoms with Crippen molar-refractivity contribution < 1.29 is 0 Å². The summed E-state index contributed by atoms with van der Waals surface area (Å²) in [6.07, 6.45) is 3.52. The summed E-state index contributed by atoms with van der Waals surface area (Å²) < 4.78 is 0.938. The van der Waals surface area contributed by atoms with E-state index in [9.17, 15) is 0 Å². The molecule has 1 N–H and O–H groups in total. The molecule has 0 aliphatic carbocycles. The molecule has 18 heavy (non-hydrogen) atoms. The van der Waals surface area contributed by atoms with Gasteiger partial charge in [-0.1, -0.05) is 11.6 Å². The zero-order chi connectivity index (χ0) is 13.0. The molecule has 0 bridgehead atoms. The van der Waals surface area contributed by atoms with E-state index in [4.69, 9.17) is 16.9 Å². The largest absolute Gasteiger partial charge is 0.380 e. The first kappa shape index (κ1) is 12.9. The van der Waals surface area contributed by atoms with Crippen molar-refractivity contribution in [2.45, 2.75) is 6.54 Å². The lowest BCUT2D eigenvalue weighted by atomic mass is 10.2. The van der Waals surface area contributed by atoms with Crippen molar-refractivity contribution in [2.24, 2.45) is 0 Å². The van der Waals surface area contributed by atoms with Crippen LogP contribution >= 0.6 is 27.5 Å². The normalized spacial score (nSPS) is 9.83. The van der Waals surface area contributed by atoms with Crippen LogP contribution in [0.4, 0.5) is 5.69 Å². The van der Waals surface area contributed by atoms with Crippen molar-refractivity contribution >= 4 is 33.2 Å². The quantitative estimate of drug-likeness (QED) is 0.930. The van der Waals surface area contributed by atoms with Crippen LogP contribution in [-0.2, 0) is 6.54 Å². The smallest absolute Gasteiger partial charge is 0.0992 e. The Balaban J connectivity index is 2.09. The highest BCUT2D eigenvalue weighted by Gasteiger charge is 2.02. The van der Waals surface area contributed by atoms with E-state index in [1.165, 1.54) is 0 Å². The highest BCUT2D eigenvalue weighted by Crippen LogP contribution is 2.23. The number of pyridine rings is 1. The predicted octanol–water partition coefficient (Wildman–Crippen LogP) is 3.98. The minimum absolute atomic E-state index is 0.539. The molecule has 0 aliphatic rings. The number of hydrogen-bond acceptors (Lipinski definition) is 3. The molecule has 3 nitrogen and oxygen atoms in total. The Hall–Kier alpha value is -1.57. The third-order valence-corrected chi connectivity index (χ3v) is 3.09. The van der Waals surface area contributed by atoms with Crippen LogP contribution in [0.2, 0.25) is 5.02 Å². The van der Waals surface area contributed by atoms with Crippen LogP contribution in [-0.4, -0.2) is 4.98 Å². The third kappa shape index (κ3) is 3.22. The highest BCUT2D eigenvalue weighted by atomic mass is 79.9. The summed E-state index contributed by atoms with van der Waals surface area (Å²) in [4.78, 5) is 4.08. The molecule has 1 heterocycles. The monoisotopic (exact) mass is 321 g/mol. The van der Waals surface area contributed by atoms with E-state index in [0.717, 1.165) is 15.7 Å². The number of halogens is 2. The molecule has 0 saturated carbocycles. The van der Waals surface area contributed by atoms with Gasteiger partial charge in [0.25, 0.3) is 0 Å². The predicted molar refractivity (Wildman–Crippen MR) is 75.4 cm³/mol.